The summed E-state index contributed by atoms with van der Waals surface area (Å²) < 4.78 is 33.4. The zero-order chi connectivity index (χ0) is 20.9. The van der Waals surface area contributed by atoms with Crippen LogP contribution in [0.5, 0.6) is 0 Å². The third kappa shape index (κ3) is 5.42. The molecule has 1 heterocycles. The van der Waals surface area contributed by atoms with Crippen molar-refractivity contribution in [1.29, 1.82) is 0 Å². The number of aliphatic hydroxyl groups excluding tert-OH is 2. The Labute approximate surface area is 172 Å². The lowest BCUT2D eigenvalue weighted by atomic mass is 10.0. The lowest BCUT2D eigenvalue weighted by Gasteiger charge is -2.30. The zero-order valence-corrected chi connectivity index (χ0v) is 17.2. The van der Waals surface area contributed by atoms with Crippen LogP contribution < -0.4 is 4.72 Å². The molecule has 29 heavy (non-hydrogen) atoms. The Morgan fingerprint density at radius 3 is 2.28 bits per heavy atom. The van der Waals surface area contributed by atoms with E-state index in [9.17, 15) is 18.6 Å². The normalized spacial score (nSPS) is 24.8. The van der Waals surface area contributed by atoms with E-state index < -0.39 is 34.4 Å². The number of likely N-dealkylation sites (N-methyl/N-ethyl adjacent to an activating group) is 1. The molecule has 0 saturated carbocycles. The maximum absolute atomic E-state index is 12.5. The third-order valence-corrected chi connectivity index (χ3v) is 6.71. The van der Waals surface area contributed by atoms with Gasteiger partial charge < -0.3 is 14.9 Å². The van der Waals surface area contributed by atoms with Crippen molar-refractivity contribution in [3.63, 3.8) is 0 Å². The lowest BCUT2D eigenvalue weighted by Crippen LogP contribution is -2.50. The average molecular weight is 421 g/mol. The van der Waals surface area contributed by atoms with Gasteiger partial charge >= 0.3 is 0 Å². The summed E-state index contributed by atoms with van der Waals surface area (Å²) in [5, 5.41) is 20.2. The summed E-state index contributed by atoms with van der Waals surface area (Å²) in [5.74, 6) is 0. The van der Waals surface area contributed by atoms with Gasteiger partial charge in [0.15, 0.2) is 0 Å². The minimum Gasteiger partial charge on any atom is -0.394 e. The number of sulfonamides is 1. The van der Waals surface area contributed by atoms with Gasteiger partial charge in [0.2, 0.25) is 10.0 Å². The van der Waals surface area contributed by atoms with Crippen LogP contribution in [0.3, 0.4) is 0 Å². The highest BCUT2D eigenvalue weighted by molar-refractivity contribution is 7.89. The summed E-state index contributed by atoms with van der Waals surface area (Å²) in [4.78, 5) is 2.14. The van der Waals surface area contributed by atoms with Gasteiger partial charge in [0, 0.05) is 13.1 Å². The molecule has 0 spiro atoms. The molecule has 4 unspecified atom stereocenters. The molecule has 0 aliphatic carbocycles. The monoisotopic (exact) mass is 420 g/mol. The smallest absolute Gasteiger partial charge is 0.240 e. The molecule has 158 valence electrons. The molecule has 2 aromatic carbocycles. The molecule has 2 aromatic rings. The predicted molar refractivity (Wildman–Crippen MR) is 110 cm³/mol. The van der Waals surface area contributed by atoms with Crippen molar-refractivity contribution < 1.29 is 23.4 Å². The molecule has 1 fully saturated rings. The van der Waals surface area contributed by atoms with Crippen LogP contribution in [-0.2, 0) is 21.2 Å². The third-order valence-electron chi connectivity index (χ3n) is 5.27. The highest BCUT2D eigenvalue weighted by atomic mass is 32.2. The second-order valence-corrected chi connectivity index (χ2v) is 9.02. The highest BCUT2D eigenvalue weighted by Crippen LogP contribution is 2.25. The maximum atomic E-state index is 12.5. The molecule has 0 aromatic heterocycles. The van der Waals surface area contributed by atoms with Crippen LogP contribution in [0.2, 0.25) is 0 Å². The molecule has 1 aliphatic heterocycles. The second-order valence-electron chi connectivity index (χ2n) is 7.26. The van der Waals surface area contributed by atoms with Gasteiger partial charge in [0.05, 0.1) is 23.6 Å². The lowest BCUT2D eigenvalue weighted by molar-refractivity contribution is -0.0201. The van der Waals surface area contributed by atoms with Gasteiger partial charge in [-0.3, -0.25) is 4.90 Å². The summed E-state index contributed by atoms with van der Waals surface area (Å²) in [6, 6.07) is 17.7. The fourth-order valence-corrected chi connectivity index (χ4v) is 4.73. The van der Waals surface area contributed by atoms with Crippen LogP contribution in [0.25, 0.3) is 0 Å². The molecule has 0 amide bonds. The van der Waals surface area contributed by atoms with Crippen molar-refractivity contribution >= 4 is 10.0 Å². The van der Waals surface area contributed by atoms with Crippen LogP contribution in [0.1, 0.15) is 5.56 Å². The molecular formula is C21H28N2O5S. The van der Waals surface area contributed by atoms with Crippen LogP contribution >= 0.6 is 0 Å². The summed E-state index contributed by atoms with van der Waals surface area (Å²) in [5.41, 5.74) is 1.17. The number of nitrogens with zero attached hydrogens (tertiary/aromatic N) is 1. The van der Waals surface area contributed by atoms with Gasteiger partial charge in [-0.15, -0.1) is 0 Å². The largest absolute Gasteiger partial charge is 0.394 e. The van der Waals surface area contributed by atoms with Gasteiger partial charge in [-0.2, -0.15) is 0 Å². The van der Waals surface area contributed by atoms with Crippen molar-refractivity contribution in [2.45, 2.75) is 35.7 Å². The van der Waals surface area contributed by atoms with Gasteiger partial charge in [-0.05, 0) is 31.2 Å². The van der Waals surface area contributed by atoms with Crippen LogP contribution in [0, 0.1) is 0 Å². The first-order valence-electron chi connectivity index (χ1n) is 9.65. The van der Waals surface area contributed by atoms with E-state index in [-0.39, 0.29) is 18.0 Å². The highest BCUT2D eigenvalue weighted by Gasteiger charge is 2.45. The molecular weight excluding hydrogens is 392 g/mol. The van der Waals surface area contributed by atoms with E-state index in [4.69, 9.17) is 4.74 Å². The standard InChI is InChI=1S/C21H28N2O5S/c1-23(13-12-16-8-4-2-5-9-16)20-18(28-19(15-24)21(20)25)14-22-29(26,27)17-10-6-3-7-11-17/h2-11,18-22,24-25H,12-15H2,1H3. The molecule has 0 radical (unpaired) electrons. The number of hydrogen-bond acceptors (Lipinski definition) is 6. The van der Waals surface area contributed by atoms with Crippen molar-refractivity contribution in [2.24, 2.45) is 0 Å². The van der Waals surface area contributed by atoms with E-state index in [1.54, 1.807) is 18.2 Å². The number of aliphatic hydroxyl groups is 2. The van der Waals surface area contributed by atoms with E-state index >= 15 is 0 Å². The minimum absolute atomic E-state index is 0.00509. The number of ether oxygens (including phenoxy) is 1. The van der Waals surface area contributed by atoms with Crippen molar-refractivity contribution in [3.8, 4) is 0 Å². The van der Waals surface area contributed by atoms with Gasteiger partial charge in [-0.1, -0.05) is 48.5 Å². The maximum Gasteiger partial charge on any atom is 0.240 e. The Balaban J connectivity index is 1.66. The van der Waals surface area contributed by atoms with Crippen LogP contribution in [0.15, 0.2) is 65.6 Å². The van der Waals surface area contributed by atoms with Crippen LogP contribution in [-0.4, -0.2) is 74.6 Å². The number of hydrogen-bond donors (Lipinski definition) is 3. The Bertz CT molecular complexity index is 863. The predicted octanol–water partition coefficient (Wildman–Crippen LogP) is 0.629. The molecule has 0 bridgehead atoms. The number of rotatable bonds is 9. The molecule has 3 N–H and O–H groups in total. The van der Waals surface area contributed by atoms with E-state index in [1.807, 2.05) is 42.3 Å². The van der Waals surface area contributed by atoms with Gasteiger partial charge in [-0.25, -0.2) is 13.1 Å². The molecule has 8 heteroatoms. The Hall–Kier alpha value is -1.81. The molecule has 1 aliphatic rings. The quantitative estimate of drug-likeness (QED) is 0.550. The summed E-state index contributed by atoms with van der Waals surface area (Å²) in [6.07, 6.45) is -1.45. The van der Waals surface area contributed by atoms with E-state index in [1.165, 1.54) is 17.7 Å². The topological polar surface area (TPSA) is 99.1 Å². The van der Waals surface area contributed by atoms with E-state index in [2.05, 4.69) is 4.72 Å². The van der Waals surface area contributed by atoms with E-state index in [0.717, 1.165) is 6.42 Å². The number of nitrogens with one attached hydrogen (secondary N) is 1. The number of benzene rings is 2. The first-order chi connectivity index (χ1) is 13.9. The summed E-state index contributed by atoms with van der Waals surface area (Å²) in [6.45, 7) is 0.340. The molecule has 7 nitrogen and oxygen atoms in total. The van der Waals surface area contributed by atoms with Crippen molar-refractivity contribution in [3.05, 3.63) is 66.2 Å². The van der Waals surface area contributed by atoms with Gasteiger partial charge in [0.1, 0.15) is 12.2 Å². The Morgan fingerprint density at radius 1 is 1.03 bits per heavy atom. The molecule has 1 saturated heterocycles. The molecule has 3 rings (SSSR count). The fraction of sp³-hybridized carbons (Fsp3) is 0.429. The first-order valence-corrected chi connectivity index (χ1v) is 11.1. The van der Waals surface area contributed by atoms with Crippen molar-refractivity contribution in [1.82, 2.24) is 9.62 Å². The summed E-state index contributed by atoms with van der Waals surface area (Å²) >= 11 is 0. The summed E-state index contributed by atoms with van der Waals surface area (Å²) in [7, 11) is -1.81. The zero-order valence-electron chi connectivity index (χ0n) is 16.4. The molecule has 4 atom stereocenters. The Morgan fingerprint density at radius 2 is 1.66 bits per heavy atom. The van der Waals surface area contributed by atoms with Crippen molar-refractivity contribution in [2.75, 3.05) is 26.7 Å². The van der Waals surface area contributed by atoms with Gasteiger partial charge in [0.25, 0.3) is 0 Å². The SMILES string of the molecule is CN(CCc1ccccc1)C1C(CNS(=O)(=O)c2ccccc2)OC(CO)C1O. The first kappa shape index (κ1) is 21.9. The fourth-order valence-electron chi connectivity index (χ4n) is 3.66. The van der Waals surface area contributed by atoms with E-state index in [0.29, 0.717) is 6.54 Å². The minimum atomic E-state index is -3.69. The second kappa shape index (κ2) is 9.80. The van der Waals surface area contributed by atoms with Crippen LogP contribution in [0.4, 0.5) is 0 Å². The Kier molecular flexibility index (Phi) is 7.39. The average Bonchev–Trinajstić information content (AvgIpc) is 3.07.